The minimum Gasteiger partial charge on any atom is -0.357 e. The van der Waals surface area contributed by atoms with Crippen LogP contribution in [-0.2, 0) is 0 Å². The molecule has 0 spiro atoms. The van der Waals surface area contributed by atoms with Gasteiger partial charge in [-0.3, -0.25) is 0 Å². The second kappa shape index (κ2) is 2.55. The molecule has 2 rings (SSSR count). The summed E-state index contributed by atoms with van der Waals surface area (Å²) in [5, 5.41) is 3.97. The van der Waals surface area contributed by atoms with Crippen LogP contribution >= 0.6 is 12.2 Å². The first-order chi connectivity index (χ1) is 5.59. The van der Waals surface area contributed by atoms with E-state index < -0.39 is 6.17 Å². The Morgan fingerprint density at radius 3 is 2.58 bits per heavy atom. The van der Waals surface area contributed by atoms with E-state index in [-0.39, 0.29) is 5.54 Å². The quantitative estimate of drug-likeness (QED) is 0.620. The third-order valence-corrected chi connectivity index (χ3v) is 2.89. The third kappa shape index (κ3) is 1.53. The van der Waals surface area contributed by atoms with E-state index in [1.807, 2.05) is 4.90 Å². The monoisotopic (exact) mass is 188 g/mol. The SMILES string of the molecule is CC1(NC(=S)N2CC(F)C2)CC1. The Labute approximate surface area is 77.1 Å². The number of nitrogens with one attached hydrogen (secondary N) is 1. The molecule has 2 fully saturated rings. The van der Waals surface area contributed by atoms with Gasteiger partial charge in [-0.25, -0.2) is 4.39 Å². The van der Waals surface area contributed by atoms with E-state index in [0.717, 1.165) is 5.11 Å². The maximum atomic E-state index is 12.4. The number of alkyl halides is 1. The van der Waals surface area contributed by atoms with E-state index in [2.05, 4.69) is 12.2 Å². The minimum atomic E-state index is -0.670. The van der Waals surface area contributed by atoms with E-state index in [1.165, 1.54) is 12.8 Å². The molecule has 0 unspecified atom stereocenters. The second-order valence-corrected chi connectivity index (χ2v) is 4.38. The molecule has 4 heteroatoms. The highest BCUT2D eigenvalue weighted by atomic mass is 32.1. The van der Waals surface area contributed by atoms with Crippen molar-refractivity contribution in [2.24, 2.45) is 0 Å². The molecular formula is C8H13FN2S. The van der Waals surface area contributed by atoms with Gasteiger partial charge in [0.1, 0.15) is 6.17 Å². The third-order valence-electron chi connectivity index (χ3n) is 2.53. The van der Waals surface area contributed by atoms with Gasteiger partial charge < -0.3 is 10.2 Å². The van der Waals surface area contributed by atoms with Gasteiger partial charge in [-0.05, 0) is 32.0 Å². The maximum absolute atomic E-state index is 12.4. The fourth-order valence-corrected chi connectivity index (χ4v) is 1.64. The molecule has 0 atom stereocenters. The van der Waals surface area contributed by atoms with Crippen LogP contribution < -0.4 is 5.32 Å². The summed E-state index contributed by atoms with van der Waals surface area (Å²) in [6, 6.07) is 0. The second-order valence-electron chi connectivity index (χ2n) is 3.99. The zero-order valence-corrected chi connectivity index (χ0v) is 7.96. The van der Waals surface area contributed by atoms with E-state index in [0.29, 0.717) is 13.1 Å². The fraction of sp³-hybridized carbons (Fsp3) is 0.875. The molecule has 0 amide bonds. The number of likely N-dealkylation sites (tertiary alicyclic amines) is 1. The molecule has 0 aromatic rings. The van der Waals surface area contributed by atoms with Crippen LogP contribution in [0.3, 0.4) is 0 Å². The molecular weight excluding hydrogens is 175 g/mol. The van der Waals surface area contributed by atoms with Crippen LogP contribution in [0, 0.1) is 0 Å². The summed E-state index contributed by atoms with van der Waals surface area (Å²) in [4.78, 5) is 1.88. The first kappa shape index (κ1) is 8.23. The number of halogens is 1. The lowest BCUT2D eigenvalue weighted by molar-refractivity contribution is 0.129. The Kier molecular flexibility index (Phi) is 1.75. The van der Waals surface area contributed by atoms with Gasteiger partial charge >= 0.3 is 0 Å². The molecule has 0 aromatic heterocycles. The summed E-state index contributed by atoms with van der Waals surface area (Å²) < 4.78 is 12.4. The Morgan fingerprint density at radius 2 is 2.17 bits per heavy atom. The Hall–Kier alpha value is -0.380. The van der Waals surface area contributed by atoms with Crippen molar-refractivity contribution in [2.75, 3.05) is 13.1 Å². The summed E-state index contributed by atoms with van der Waals surface area (Å²) in [5.41, 5.74) is 0.221. The first-order valence-corrected chi connectivity index (χ1v) is 4.71. The van der Waals surface area contributed by atoms with Crippen molar-refractivity contribution in [1.29, 1.82) is 0 Å². The molecule has 1 saturated heterocycles. The van der Waals surface area contributed by atoms with Gasteiger partial charge in [0.05, 0.1) is 13.1 Å². The lowest BCUT2D eigenvalue weighted by atomic mass is 10.2. The van der Waals surface area contributed by atoms with Crippen molar-refractivity contribution in [3.63, 3.8) is 0 Å². The summed E-state index contributed by atoms with van der Waals surface area (Å²) >= 11 is 5.12. The number of hydrogen-bond acceptors (Lipinski definition) is 1. The van der Waals surface area contributed by atoms with Gasteiger partial charge in [-0.1, -0.05) is 0 Å². The van der Waals surface area contributed by atoms with Gasteiger partial charge in [0.25, 0.3) is 0 Å². The lowest BCUT2D eigenvalue weighted by Crippen LogP contribution is -2.56. The van der Waals surface area contributed by atoms with Crippen molar-refractivity contribution in [3.05, 3.63) is 0 Å². The van der Waals surface area contributed by atoms with Crippen LogP contribution in [-0.4, -0.2) is 34.8 Å². The zero-order chi connectivity index (χ0) is 8.77. The maximum Gasteiger partial charge on any atom is 0.169 e. The predicted molar refractivity (Wildman–Crippen MR) is 49.8 cm³/mol. The molecule has 1 saturated carbocycles. The summed E-state index contributed by atoms with van der Waals surface area (Å²) in [5.74, 6) is 0. The molecule has 1 N–H and O–H groups in total. The molecule has 1 aliphatic heterocycles. The highest BCUT2D eigenvalue weighted by molar-refractivity contribution is 7.80. The summed E-state index contributed by atoms with van der Waals surface area (Å²) in [7, 11) is 0. The number of rotatable bonds is 1. The van der Waals surface area contributed by atoms with E-state index in [1.54, 1.807) is 0 Å². The molecule has 12 heavy (non-hydrogen) atoms. The van der Waals surface area contributed by atoms with Gasteiger partial charge in [0.15, 0.2) is 5.11 Å². The van der Waals surface area contributed by atoms with Crippen LogP contribution in [0.2, 0.25) is 0 Å². The predicted octanol–water partition coefficient (Wildman–Crippen LogP) is 1.07. The average molecular weight is 188 g/mol. The molecule has 1 aliphatic carbocycles. The van der Waals surface area contributed by atoms with E-state index >= 15 is 0 Å². The van der Waals surface area contributed by atoms with E-state index in [9.17, 15) is 4.39 Å². The van der Waals surface area contributed by atoms with Crippen LogP contribution in [0.25, 0.3) is 0 Å². The van der Waals surface area contributed by atoms with Crippen LogP contribution in [0.4, 0.5) is 4.39 Å². The minimum absolute atomic E-state index is 0.221. The molecule has 1 heterocycles. The van der Waals surface area contributed by atoms with Crippen LogP contribution in [0.15, 0.2) is 0 Å². The molecule has 2 aliphatic rings. The van der Waals surface area contributed by atoms with E-state index in [4.69, 9.17) is 12.2 Å². The van der Waals surface area contributed by atoms with Crippen molar-refractivity contribution >= 4 is 17.3 Å². The zero-order valence-electron chi connectivity index (χ0n) is 7.14. The molecule has 68 valence electrons. The van der Waals surface area contributed by atoms with Gasteiger partial charge in [0.2, 0.25) is 0 Å². The molecule has 0 aromatic carbocycles. The van der Waals surface area contributed by atoms with Gasteiger partial charge in [-0.2, -0.15) is 0 Å². The number of nitrogens with zero attached hydrogens (tertiary/aromatic N) is 1. The number of hydrogen-bond donors (Lipinski definition) is 1. The Bertz CT molecular complexity index is 209. The fourth-order valence-electron chi connectivity index (χ4n) is 1.24. The van der Waals surface area contributed by atoms with Crippen molar-refractivity contribution < 1.29 is 4.39 Å². The number of thiocarbonyl (C=S) groups is 1. The summed E-state index contributed by atoms with van der Waals surface area (Å²) in [6.45, 7) is 3.09. The van der Waals surface area contributed by atoms with Crippen LogP contribution in [0.5, 0.6) is 0 Å². The van der Waals surface area contributed by atoms with Gasteiger partial charge in [0, 0.05) is 5.54 Å². The van der Waals surface area contributed by atoms with Crippen molar-refractivity contribution in [1.82, 2.24) is 10.2 Å². The van der Waals surface area contributed by atoms with Gasteiger partial charge in [-0.15, -0.1) is 0 Å². The first-order valence-electron chi connectivity index (χ1n) is 4.30. The standard InChI is InChI=1S/C8H13FN2S/c1-8(2-3-8)10-7(12)11-4-6(9)5-11/h6H,2-5H2,1H3,(H,10,12). The van der Waals surface area contributed by atoms with Crippen molar-refractivity contribution in [2.45, 2.75) is 31.5 Å². The van der Waals surface area contributed by atoms with Crippen molar-refractivity contribution in [3.8, 4) is 0 Å². The lowest BCUT2D eigenvalue weighted by Gasteiger charge is -2.37. The highest BCUT2D eigenvalue weighted by Crippen LogP contribution is 2.34. The average Bonchev–Trinajstić information content (AvgIpc) is 2.61. The topological polar surface area (TPSA) is 15.3 Å². The Balaban J connectivity index is 1.78. The smallest absolute Gasteiger partial charge is 0.169 e. The summed E-state index contributed by atoms with van der Waals surface area (Å²) in [6.07, 6.45) is 1.69. The molecule has 2 nitrogen and oxygen atoms in total. The largest absolute Gasteiger partial charge is 0.357 e. The highest BCUT2D eigenvalue weighted by Gasteiger charge is 2.40. The molecule has 0 radical (unpaired) electrons. The molecule has 0 bridgehead atoms. The normalized spacial score (nSPS) is 26.3. The Morgan fingerprint density at radius 1 is 1.58 bits per heavy atom. The van der Waals surface area contributed by atoms with Crippen LogP contribution in [0.1, 0.15) is 19.8 Å².